The fraction of sp³-hybridized carbons (Fsp3) is 0.579. The third kappa shape index (κ3) is 4.58. The van der Waals surface area contributed by atoms with Crippen LogP contribution in [0.5, 0.6) is 0 Å². The lowest BCUT2D eigenvalue weighted by molar-refractivity contribution is -0.153. The minimum Gasteiger partial charge on any atom is -0.481 e. The van der Waals surface area contributed by atoms with Crippen LogP contribution in [0.1, 0.15) is 35.2 Å². The maximum atomic E-state index is 13.1. The van der Waals surface area contributed by atoms with Crippen LogP contribution < -0.4 is 0 Å². The number of likely N-dealkylation sites (tertiary alicyclic amines) is 1. The molecule has 1 amide bonds. The molecule has 0 saturated carbocycles. The van der Waals surface area contributed by atoms with Gasteiger partial charge in [0.2, 0.25) is 0 Å². The zero-order valence-electron chi connectivity index (χ0n) is 15.3. The van der Waals surface area contributed by atoms with Gasteiger partial charge < -0.3 is 19.6 Å². The molecule has 0 unspecified atom stereocenters. The van der Waals surface area contributed by atoms with Crippen LogP contribution in [0.15, 0.2) is 24.3 Å². The number of benzene rings is 1. The largest absolute Gasteiger partial charge is 0.481 e. The summed E-state index contributed by atoms with van der Waals surface area (Å²) in [5.74, 6) is -0.927. The number of aliphatic carboxylic acids is 1. The molecule has 6 nitrogen and oxygen atoms in total. The second-order valence-corrected chi connectivity index (χ2v) is 7.05. The minimum atomic E-state index is -0.916. The van der Waals surface area contributed by atoms with Crippen LogP contribution in [0.2, 0.25) is 0 Å². The molecule has 1 saturated heterocycles. The maximum absolute atomic E-state index is 13.1. The zero-order chi connectivity index (χ0) is 18.4. The Labute approximate surface area is 149 Å². The summed E-state index contributed by atoms with van der Waals surface area (Å²) in [6.07, 6.45) is 1.69. The number of rotatable bonds is 7. The van der Waals surface area contributed by atoms with Crippen molar-refractivity contribution in [3.05, 3.63) is 35.4 Å². The van der Waals surface area contributed by atoms with E-state index >= 15 is 0 Å². The normalized spacial score (nSPS) is 20.7. The van der Waals surface area contributed by atoms with Crippen molar-refractivity contribution < 1.29 is 19.4 Å². The van der Waals surface area contributed by atoms with Crippen molar-refractivity contribution in [3.63, 3.8) is 0 Å². The van der Waals surface area contributed by atoms with Crippen LogP contribution in [-0.4, -0.2) is 67.7 Å². The van der Waals surface area contributed by atoms with Crippen molar-refractivity contribution in [1.82, 2.24) is 9.80 Å². The van der Waals surface area contributed by atoms with E-state index in [9.17, 15) is 14.7 Å². The molecule has 1 fully saturated rings. The Balaban J connectivity index is 2.23. The number of methoxy groups -OCH3 is 1. The van der Waals surface area contributed by atoms with Gasteiger partial charge in [-0.25, -0.2) is 0 Å². The van der Waals surface area contributed by atoms with Gasteiger partial charge in [0.05, 0.1) is 5.41 Å². The molecule has 1 aliphatic heterocycles. The zero-order valence-corrected chi connectivity index (χ0v) is 15.3. The molecular weight excluding hydrogens is 320 g/mol. The number of carboxylic acids is 1. The van der Waals surface area contributed by atoms with E-state index in [1.165, 1.54) is 0 Å². The number of nitrogens with zero attached hydrogens (tertiary/aromatic N) is 2. The molecule has 0 spiro atoms. The molecule has 138 valence electrons. The molecule has 25 heavy (non-hydrogen) atoms. The van der Waals surface area contributed by atoms with Gasteiger partial charge in [-0.3, -0.25) is 9.59 Å². The Hall–Kier alpha value is -1.92. The molecule has 6 heteroatoms. The van der Waals surface area contributed by atoms with Gasteiger partial charge in [-0.15, -0.1) is 0 Å². The summed E-state index contributed by atoms with van der Waals surface area (Å²) in [5.41, 5.74) is 0.700. The summed E-state index contributed by atoms with van der Waals surface area (Å²) in [7, 11) is 5.49. The molecule has 0 aromatic heterocycles. The average molecular weight is 348 g/mol. The Morgan fingerprint density at radius 3 is 2.68 bits per heavy atom. The van der Waals surface area contributed by atoms with E-state index in [0.29, 0.717) is 44.5 Å². The van der Waals surface area contributed by atoms with E-state index in [0.717, 1.165) is 5.56 Å². The molecular formula is C19H28N2O4. The van der Waals surface area contributed by atoms with Crippen molar-refractivity contribution in [2.24, 2.45) is 5.41 Å². The standard InChI is InChI=1S/C19H28N2O4/c1-20(2)13-15-7-4-5-8-16(15)17(22)21-11-6-9-19(14-21,18(23)24)10-12-25-3/h4-5,7-8H,6,9-14H2,1-3H3,(H,23,24)/t19-/m1/s1. The number of amides is 1. The number of carboxylic acid groups (broad SMARTS) is 1. The number of piperidine rings is 1. The lowest BCUT2D eigenvalue weighted by Crippen LogP contribution is -2.50. The summed E-state index contributed by atoms with van der Waals surface area (Å²) in [6, 6.07) is 7.55. The highest BCUT2D eigenvalue weighted by atomic mass is 16.5. The van der Waals surface area contributed by atoms with Crippen molar-refractivity contribution in [2.75, 3.05) is 40.9 Å². The van der Waals surface area contributed by atoms with Crippen LogP contribution in [0.25, 0.3) is 0 Å². The smallest absolute Gasteiger partial charge is 0.311 e. The summed E-state index contributed by atoms with van der Waals surface area (Å²) < 4.78 is 5.09. The number of ether oxygens (including phenoxy) is 1. The van der Waals surface area contributed by atoms with Crippen molar-refractivity contribution >= 4 is 11.9 Å². The van der Waals surface area contributed by atoms with Gasteiger partial charge in [0.15, 0.2) is 0 Å². The van der Waals surface area contributed by atoms with E-state index in [1.807, 2.05) is 43.3 Å². The predicted molar refractivity (Wildman–Crippen MR) is 95.5 cm³/mol. The molecule has 1 aromatic rings. The highest BCUT2D eigenvalue weighted by Crippen LogP contribution is 2.34. The highest BCUT2D eigenvalue weighted by molar-refractivity contribution is 5.96. The van der Waals surface area contributed by atoms with E-state index in [2.05, 4.69) is 0 Å². The van der Waals surface area contributed by atoms with Gasteiger partial charge in [-0.1, -0.05) is 18.2 Å². The Morgan fingerprint density at radius 2 is 2.04 bits per heavy atom. The topological polar surface area (TPSA) is 70.1 Å². The second kappa shape index (κ2) is 8.45. The van der Waals surface area contributed by atoms with E-state index in [1.54, 1.807) is 12.0 Å². The SMILES string of the molecule is COCC[C@]1(C(=O)O)CCCN(C(=O)c2ccccc2CN(C)C)C1. The molecule has 0 radical (unpaired) electrons. The van der Waals surface area contributed by atoms with Gasteiger partial charge in [0.1, 0.15) is 0 Å². The van der Waals surface area contributed by atoms with Crippen LogP contribution in [-0.2, 0) is 16.1 Å². The minimum absolute atomic E-state index is 0.0832. The lowest BCUT2D eigenvalue weighted by Gasteiger charge is -2.40. The average Bonchev–Trinajstić information content (AvgIpc) is 2.59. The molecule has 2 rings (SSSR count). The molecule has 1 aliphatic rings. The van der Waals surface area contributed by atoms with Gasteiger partial charge in [-0.05, 0) is 45.0 Å². The predicted octanol–water partition coefficient (Wildman–Crippen LogP) is 2.09. The molecule has 0 aliphatic carbocycles. The van der Waals surface area contributed by atoms with Crippen molar-refractivity contribution in [3.8, 4) is 0 Å². The first-order valence-electron chi connectivity index (χ1n) is 8.64. The first-order valence-corrected chi connectivity index (χ1v) is 8.64. The number of carbonyl (C=O) groups excluding carboxylic acids is 1. The number of hydrogen-bond acceptors (Lipinski definition) is 4. The Kier molecular flexibility index (Phi) is 6.56. The van der Waals surface area contributed by atoms with Crippen LogP contribution in [0.4, 0.5) is 0 Å². The third-order valence-electron chi connectivity index (χ3n) is 4.84. The summed E-state index contributed by atoms with van der Waals surface area (Å²) in [5, 5.41) is 9.76. The first kappa shape index (κ1) is 19.4. The van der Waals surface area contributed by atoms with E-state index in [4.69, 9.17) is 4.74 Å². The van der Waals surface area contributed by atoms with E-state index in [-0.39, 0.29) is 12.5 Å². The van der Waals surface area contributed by atoms with Gasteiger partial charge in [-0.2, -0.15) is 0 Å². The summed E-state index contributed by atoms with van der Waals surface area (Å²) >= 11 is 0. The maximum Gasteiger partial charge on any atom is 0.311 e. The van der Waals surface area contributed by atoms with Gasteiger partial charge in [0, 0.05) is 38.9 Å². The molecule has 1 aromatic carbocycles. The van der Waals surface area contributed by atoms with Crippen molar-refractivity contribution in [1.29, 1.82) is 0 Å². The Bertz CT molecular complexity index is 617. The summed E-state index contributed by atoms with van der Waals surface area (Å²) in [6.45, 7) is 1.88. The molecule has 0 bridgehead atoms. The quantitative estimate of drug-likeness (QED) is 0.817. The fourth-order valence-electron chi connectivity index (χ4n) is 3.47. The first-order chi connectivity index (χ1) is 11.9. The van der Waals surface area contributed by atoms with Gasteiger partial charge >= 0.3 is 5.97 Å². The van der Waals surface area contributed by atoms with E-state index < -0.39 is 11.4 Å². The number of carbonyl (C=O) groups is 2. The van der Waals surface area contributed by atoms with Crippen molar-refractivity contribution in [2.45, 2.75) is 25.8 Å². The number of hydrogen-bond donors (Lipinski definition) is 1. The van der Waals surface area contributed by atoms with Crippen LogP contribution in [0.3, 0.4) is 0 Å². The van der Waals surface area contributed by atoms with Crippen LogP contribution in [0, 0.1) is 5.41 Å². The third-order valence-corrected chi connectivity index (χ3v) is 4.84. The monoisotopic (exact) mass is 348 g/mol. The Morgan fingerprint density at radius 1 is 1.32 bits per heavy atom. The lowest BCUT2D eigenvalue weighted by atomic mass is 9.77. The van der Waals surface area contributed by atoms with Crippen LogP contribution >= 0.6 is 0 Å². The highest BCUT2D eigenvalue weighted by Gasteiger charge is 2.43. The fourth-order valence-corrected chi connectivity index (χ4v) is 3.47. The molecule has 1 N–H and O–H groups in total. The second-order valence-electron chi connectivity index (χ2n) is 7.05. The molecule has 1 atom stereocenters. The molecule has 1 heterocycles. The summed E-state index contributed by atoms with van der Waals surface area (Å²) in [4.78, 5) is 28.7. The van der Waals surface area contributed by atoms with Gasteiger partial charge in [0.25, 0.3) is 5.91 Å².